The second-order valence-corrected chi connectivity index (χ2v) is 6.44. The Hall–Kier alpha value is -2.86. The number of amides is 1. The van der Waals surface area contributed by atoms with Crippen LogP contribution in [0.25, 0.3) is 11.3 Å². The highest BCUT2D eigenvalue weighted by Gasteiger charge is 2.24. The molecular weight excluding hydrogens is 371 g/mol. The predicted octanol–water partition coefficient (Wildman–Crippen LogP) is 4.94. The quantitative estimate of drug-likeness (QED) is 0.672. The number of hydrogen-bond acceptors (Lipinski definition) is 4. The van der Waals surface area contributed by atoms with Gasteiger partial charge >= 0.3 is 0 Å². The number of methoxy groups -OCH3 is 1. The maximum atomic E-state index is 13.9. The zero-order chi connectivity index (χ0) is 19.6. The van der Waals surface area contributed by atoms with Gasteiger partial charge in [-0.3, -0.25) is 4.79 Å². The van der Waals surface area contributed by atoms with E-state index in [4.69, 9.17) is 20.9 Å². The zero-order valence-corrected chi connectivity index (χ0v) is 15.8. The van der Waals surface area contributed by atoms with Crippen LogP contribution >= 0.6 is 11.6 Å². The van der Waals surface area contributed by atoms with E-state index >= 15 is 0 Å². The van der Waals surface area contributed by atoms with Crippen LogP contribution in [0.1, 0.15) is 34.6 Å². The minimum atomic E-state index is -0.492. The summed E-state index contributed by atoms with van der Waals surface area (Å²) < 4.78 is 24.1. The van der Waals surface area contributed by atoms with Crippen molar-refractivity contribution < 1.29 is 18.4 Å². The summed E-state index contributed by atoms with van der Waals surface area (Å²) >= 11 is 6.23. The molecule has 1 aromatic heterocycles. The molecule has 7 heteroatoms. The zero-order valence-electron chi connectivity index (χ0n) is 15.0. The number of carbonyl (C=O) groups excluding carboxylic acids is 1. The summed E-state index contributed by atoms with van der Waals surface area (Å²) in [5.41, 5.74) is 1.87. The monoisotopic (exact) mass is 388 g/mol. The molecule has 3 aromatic rings. The molecule has 0 saturated heterocycles. The minimum Gasteiger partial charge on any atom is -0.494 e. The lowest BCUT2D eigenvalue weighted by molar-refractivity contribution is 0.0939. The van der Waals surface area contributed by atoms with Gasteiger partial charge in [-0.25, -0.2) is 4.39 Å². The van der Waals surface area contributed by atoms with Gasteiger partial charge < -0.3 is 14.6 Å². The summed E-state index contributed by atoms with van der Waals surface area (Å²) in [5.74, 6) is -0.356. The molecule has 3 rings (SSSR count). The number of aryl methyl sites for hydroxylation is 1. The van der Waals surface area contributed by atoms with Crippen molar-refractivity contribution >= 4 is 17.5 Å². The summed E-state index contributed by atoms with van der Waals surface area (Å²) in [6, 6.07) is 11.2. The Bertz CT molecular complexity index is 987. The van der Waals surface area contributed by atoms with Crippen molar-refractivity contribution in [3.05, 3.63) is 70.2 Å². The fourth-order valence-electron chi connectivity index (χ4n) is 2.78. The molecule has 1 atom stereocenters. The van der Waals surface area contributed by atoms with Crippen molar-refractivity contribution in [1.29, 1.82) is 0 Å². The topological polar surface area (TPSA) is 64.4 Å². The summed E-state index contributed by atoms with van der Waals surface area (Å²) in [6.45, 7) is 3.41. The van der Waals surface area contributed by atoms with Crippen LogP contribution in [0, 0.1) is 12.7 Å². The number of benzene rings is 2. The van der Waals surface area contributed by atoms with Crippen molar-refractivity contribution in [2.24, 2.45) is 0 Å². The molecule has 0 aliphatic carbocycles. The predicted molar refractivity (Wildman–Crippen MR) is 101 cm³/mol. The van der Waals surface area contributed by atoms with E-state index in [1.54, 1.807) is 44.2 Å². The molecule has 140 valence electrons. The summed E-state index contributed by atoms with van der Waals surface area (Å²) in [6.07, 6.45) is 0. The Balaban J connectivity index is 1.88. The van der Waals surface area contributed by atoms with E-state index in [9.17, 15) is 9.18 Å². The minimum absolute atomic E-state index is 0.146. The summed E-state index contributed by atoms with van der Waals surface area (Å²) in [4.78, 5) is 12.9. The Morgan fingerprint density at radius 2 is 2.04 bits per heavy atom. The van der Waals surface area contributed by atoms with E-state index in [0.29, 0.717) is 33.2 Å². The second-order valence-electron chi connectivity index (χ2n) is 6.03. The molecule has 0 radical (unpaired) electrons. The third-order valence-corrected chi connectivity index (χ3v) is 4.57. The first-order chi connectivity index (χ1) is 12.9. The maximum absolute atomic E-state index is 13.9. The van der Waals surface area contributed by atoms with Crippen LogP contribution in [0.3, 0.4) is 0 Å². The third kappa shape index (κ3) is 3.80. The van der Waals surface area contributed by atoms with Gasteiger partial charge in [-0.2, -0.15) is 0 Å². The molecule has 0 aliphatic rings. The molecule has 0 aliphatic heterocycles. The Morgan fingerprint density at radius 1 is 1.30 bits per heavy atom. The first-order valence-corrected chi connectivity index (χ1v) is 8.65. The van der Waals surface area contributed by atoms with Crippen molar-refractivity contribution in [1.82, 2.24) is 10.5 Å². The largest absolute Gasteiger partial charge is 0.494 e. The molecule has 5 nitrogen and oxygen atoms in total. The van der Waals surface area contributed by atoms with Gasteiger partial charge in [0.25, 0.3) is 5.91 Å². The molecule has 0 fully saturated rings. The van der Waals surface area contributed by atoms with Crippen molar-refractivity contribution in [2.75, 3.05) is 7.11 Å². The normalized spacial score (nSPS) is 11.9. The van der Waals surface area contributed by atoms with Crippen molar-refractivity contribution in [3.8, 4) is 17.0 Å². The Labute approximate surface area is 161 Å². The van der Waals surface area contributed by atoms with Crippen LogP contribution in [0.4, 0.5) is 4.39 Å². The first-order valence-electron chi connectivity index (χ1n) is 8.27. The molecule has 1 amide bonds. The van der Waals surface area contributed by atoms with E-state index in [2.05, 4.69) is 10.5 Å². The highest BCUT2D eigenvalue weighted by Crippen LogP contribution is 2.31. The number of ether oxygens (including phenoxy) is 1. The number of nitrogens with zero attached hydrogens (tertiary/aromatic N) is 1. The third-order valence-electron chi connectivity index (χ3n) is 4.24. The highest BCUT2D eigenvalue weighted by atomic mass is 35.5. The van der Waals surface area contributed by atoms with Gasteiger partial charge in [-0.1, -0.05) is 41.0 Å². The lowest BCUT2D eigenvalue weighted by Crippen LogP contribution is -2.27. The molecular formula is C20H18ClFN2O3. The van der Waals surface area contributed by atoms with E-state index in [1.165, 1.54) is 19.2 Å². The Kier molecular flexibility index (Phi) is 5.46. The molecule has 1 heterocycles. The average Bonchev–Trinajstić information content (AvgIpc) is 3.03. The van der Waals surface area contributed by atoms with Crippen LogP contribution in [-0.2, 0) is 0 Å². The lowest BCUT2D eigenvalue weighted by Gasteiger charge is -2.15. The van der Waals surface area contributed by atoms with Gasteiger partial charge in [0.2, 0.25) is 0 Å². The summed E-state index contributed by atoms with van der Waals surface area (Å²) in [5, 5.41) is 7.30. The lowest BCUT2D eigenvalue weighted by atomic mass is 10.0. The molecule has 0 spiro atoms. The van der Waals surface area contributed by atoms with E-state index in [-0.39, 0.29) is 11.7 Å². The molecule has 1 unspecified atom stereocenters. The van der Waals surface area contributed by atoms with Crippen LogP contribution in [0.2, 0.25) is 5.02 Å². The molecule has 0 saturated carbocycles. The van der Waals surface area contributed by atoms with Crippen LogP contribution < -0.4 is 10.1 Å². The van der Waals surface area contributed by atoms with Crippen LogP contribution in [-0.4, -0.2) is 18.2 Å². The smallest absolute Gasteiger partial charge is 0.257 e. The Morgan fingerprint density at radius 3 is 2.70 bits per heavy atom. The van der Waals surface area contributed by atoms with Gasteiger partial charge in [-0.05, 0) is 37.6 Å². The average molecular weight is 389 g/mol. The van der Waals surface area contributed by atoms with Crippen LogP contribution in [0.5, 0.6) is 5.75 Å². The molecule has 27 heavy (non-hydrogen) atoms. The fraction of sp³-hybridized carbons (Fsp3) is 0.200. The van der Waals surface area contributed by atoms with E-state index < -0.39 is 11.9 Å². The number of rotatable bonds is 5. The van der Waals surface area contributed by atoms with Crippen LogP contribution in [0.15, 0.2) is 47.0 Å². The maximum Gasteiger partial charge on any atom is 0.257 e. The second kappa shape index (κ2) is 7.80. The number of carbonyl (C=O) groups is 1. The van der Waals surface area contributed by atoms with Gasteiger partial charge in [0.15, 0.2) is 11.6 Å². The molecule has 2 aromatic carbocycles. The summed E-state index contributed by atoms with van der Waals surface area (Å²) in [7, 11) is 1.40. The van der Waals surface area contributed by atoms with Crippen molar-refractivity contribution in [3.63, 3.8) is 0 Å². The fourth-order valence-corrected chi connectivity index (χ4v) is 3.01. The SMILES string of the molecule is COc1ccc(C(C)NC(=O)c2c(-c3ccccc3Cl)noc2C)cc1F. The van der Waals surface area contributed by atoms with Crippen molar-refractivity contribution in [2.45, 2.75) is 19.9 Å². The number of nitrogens with one attached hydrogen (secondary N) is 1. The first kappa shape index (κ1) is 18.9. The number of hydrogen-bond donors (Lipinski definition) is 1. The standard InChI is InChI=1S/C20H18ClFN2O3/c1-11(13-8-9-17(26-3)16(22)10-13)23-20(25)18-12(2)27-24-19(18)14-6-4-5-7-15(14)21/h4-11H,1-3H3,(H,23,25). The van der Waals surface area contributed by atoms with Gasteiger partial charge in [0.05, 0.1) is 18.2 Å². The molecule has 1 N–H and O–H groups in total. The highest BCUT2D eigenvalue weighted by molar-refractivity contribution is 6.33. The van der Waals surface area contributed by atoms with Gasteiger partial charge in [0.1, 0.15) is 17.0 Å². The number of halogens is 2. The van der Waals surface area contributed by atoms with E-state index in [1.807, 2.05) is 0 Å². The van der Waals surface area contributed by atoms with E-state index in [0.717, 1.165) is 0 Å². The van der Waals surface area contributed by atoms with Gasteiger partial charge in [0, 0.05) is 5.56 Å². The van der Waals surface area contributed by atoms with Gasteiger partial charge in [-0.15, -0.1) is 0 Å². The number of aromatic nitrogens is 1. The molecule has 0 bridgehead atoms.